The van der Waals surface area contributed by atoms with Gasteiger partial charge in [0.25, 0.3) is 10.0 Å². The average Bonchev–Trinajstić information content (AvgIpc) is 2.69. The van der Waals surface area contributed by atoms with Crippen molar-refractivity contribution in [2.24, 2.45) is 10.3 Å². The molecule has 27 heavy (non-hydrogen) atoms. The number of anilines is 1. The van der Waals surface area contributed by atoms with Crippen molar-refractivity contribution in [2.45, 2.75) is 37.0 Å². The third-order valence-corrected chi connectivity index (χ3v) is 6.92. The molecule has 7 heteroatoms. The second-order valence-electron chi connectivity index (χ2n) is 6.91. The van der Waals surface area contributed by atoms with E-state index >= 15 is 0 Å². The molecule has 0 radical (unpaired) electrons. The highest BCUT2D eigenvalue weighted by Crippen LogP contribution is 2.44. The lowest BCUT2D eigenvalue weighted by Gasteiger charge is -2.28. The molecule has 1 aliphatic heterocycles. The smallest absolute Gasteiger partial charge is 0.286 e. The summed E-state index contributed by atoms with van der Waals surface area (Å²) >= 11 is 6.39. The molecule has 0 aromatic heterocycles. The highest BCUT2D eigenvalue weighted by molar-refractivity contribution is 7.90. The van der Waals surface area contributed by atoms with Gasteiger partial charge in [0.15, 0.2) is 0 Å². The number of hydrogen-bond acceptors (Lipinski definition) is 4. The zero-order valence-corrected chi connectivity index (χ0v) is 16.6. The number of nitrogens with zero attached hydrogens (tertiary/aromatic N) is 1. The lowest BCUT2D eigenvalue weighted by atomic mass is 9.88. The number of halogens is 1. The maximum absolute atomic E-state index is 13.1. The molecule has 0 spiro atoms. The van der Waals surface area contributed by atoms with Crippen LogP contribution in [0.25, 0.3) is 11.1 Å². The van der Waals surface area contributed by atoms with Crippen molar-refractivity contribution in [1.29, 1.82) is 0 Å². The van der Waals surface area contributed by atoms with Crippen LogP contribution in [0.4, 0.5) is 5.69 Å². The molecule has 4 rings (SSSR count). The van der Waals surface area contributed by atoms with E-state index in [0.29, 0.717) is 33.4 Å². The van der Waals surface area contributed by atoms with E-state index in [2.05, 4.69) is 9.71 Å². The van der Waals surface area contributed by atoms with Gasteiger partial charge in [0, 0.05) is 17.0 Å². The first-order chi connectivity index (χ1) is 13.0. The number of sulfonamides is 1. The van der Waals surface area contributed by atoms with E-state index in [9.17, 15) is 8.42 Å². The first-order valence-electron chi connectivity index (χ1n) is 9.09. The molecule has 0 saturated heterocycles. The summed E-state index contributed by atoms with van der Waals surface area (Å²) in [6, 6.07) is 10.7. The quantitative estimate of drug-likeness (QED) is 0.771. The molecule has 1 N–H and O–H groups in total. The van der Waals surface area contributed by atoms with Crippen LogP contribution in [-0.4, -0.2) is 21.4 Å². The first kappa shape index (κ1) is 18.3. The molecule has 1 aliphatic carbocycles. The molecule has 1 heterocycles. The van der Waals surface area contributed by atoms with E-state index in [0.717, 1.165) is 25.7 Å². The van der Waals surface area contributed by atoms with Gasteiger partial charge in [0.05, 0.1) is 17.8 Å². The van der Waals surface area contributed by atoms with Crippen molar-refractivity contribution < 1.29 is 13.2 Å². The third kappa shape index (κ3) is 3.32. The van der Waals surface area contributed by atoms with Crippen molar-refractivity contribution in [3.63, 3.8) is 0 Å². The minimum Gasteiger partial charge on any atom is -0.496 e. The summed E-state index contributed by atoms with van der Waals surface area (Å²) in [5.41, 5.74) is 1.64. The van der Waals surface area contributed by atoms with Gasteiger partial charge in [-0.05, 0) is 25.0 Å². The SMILES string of the molecule is COc1ccccc1-c1ccc(Cl)c2c1S(=O)(=O)N=C(C1CCCCC1)N2. The van der Waals surface area contributed by atoms with Gasteiger partial charge in [-0.1, -0.05) is 55.1 Å². The lowest BCUT2D eigenvalue weighted by molar-refractivity contribution is 0.416. The fourth-order valence-electron chi connectivity index (χ4n) is 3.90. The Hall–Kier alpha value is -2.05. The predicted molar refractivity (Wildman–Crippen MR) is 108 cm³/mol. The van der Waals surface area contributed by atoms with Gasteiger partial charge in [0.1, 0.15) is 16.5 Å². The highest BCUT2D eigenvalue weighted by Gasteiger charge is 2.34. The normalized spacial score (nSPS) is 19.0. The summed E-state index contributed by atoms with van der Waals surface area (Å²) in [6.07, 6.45) is 5.26. The van der Waals surface area contributed by atoms with Crippen LogP contribution in [0, 0.1) is 5.92 Å². The standard InChI is InChI=1S/C20H21ClN2O3S/c1-26-17-10-6-5-9-14(17)15-11-12-16(21)18-19(15)27(24,25)23-20(22-18)13-7-3-2-4-8-13/h5-6,9-13H,2-4,7-8H2,1H3,(H,22,23). The molecule has 1 saturated carbocycles. The van der Waals surface area contributed by atoms with Gasteiger partial charge >= 0.3 is 0 Å². The Morgan fingerprint density at radius 3 is 2.56 bits per heavy atom. The van der Waals surface area contributed by atoms with Crippen LogP contribution >= 0.6 is 11.6 Å². The number of nitrogens with one attached hydrogen (secondary N) is 1. The third-order valence-electron chi connectivity index (χ3n) is 5.23. The number of hydrogen-bond donors (Lipinski definition) is 1. The molecule has 2 aromatic carbocycles. The van der Waals surface area contributed by atoms with Crippen LogP contribution in [0.15, 0.2) is 45.7 Å². The van der Waals surface area contributed by atoms with E-state index < -0.39 is 10.0 Å². The molecule has 2 aliphatic rings. The van der Waals surface area contributed by atoms with Crippen LogP contribution < -0.4 is 10.1 Å². The summed E-state index contributed by atoms with van der Waals surface area (Å²) in [7, 11) is -2.32. The van der Waals surface area contributed by atoms with Crippen molar-refractivity contribution in [3.8, 4) is 16.9 Å². The fraction of sp³-hybridized carbons (Fsp3) is 0.350. The molecule has 5 nitrogen and oxygen atoms in total. The molecule has 2 aromatic rings. The summed E-state index contributed by atoms with van der Waals surface area (Å²) in [6.45, 7) is 0. The molecule has 0 unspecified atom stereocenters. The van der Waals surface area contributed by atoms with E-state index in [-0.39, 0.29) is 10.8 Å². The fourth-order valence-corrected chi connectivity index (χ4v) is 5.58. The first-order valence-corrected chi connectivity index (χ1v) is 10.9. The second kappa shape index (κ2) is 7.17. The number of fused-ring (bicyclic) bond motifs is 1. The van der Waals surface area contributed by atoms with E-state index in [1.807, 2.05) is 18.2 Å². The number of rotatable bonds is 3. The van der Waals surface area contributed by atoms with Crippen LogP contribution in [0.5, 0.6) is 5.75 Å². The number of amidine groups is 1. The number of benzene rings is 2. The zero-order valence-electron chi connectivity index (χ0n) is 15.0. The zero-order chi connectivity index (χ0) is 19.0. The molecule has 0 bridgehead atoms. The number of para-hydroxylation sites is 1. The molecule has 0 amide bonds. The van der Waals surface area contributed by atoms with Crippen LogP contribution in [-0.2, 0) is 10.0 Å². The van der Waals surface area contributed by atoms with Gasteiger partial charge in [-0.3, -0.25) is 0 Å². The van der Waals surface area contributed by atoms with Gasteiger partial charge in [-0.15, -0.1) is 4.40 Å². The molecule has 1 fully saturated rings. The summed E-state index contributed by atoms with van der Waals surface area (Å²) in [5, 5.41) is 3.61. The van der Waals surface area contributed by atoms with Crippen molar-refractivity contribution in [1.82, 2.24) is 0 Å². The summed E-state index contributed by atoms with van der Waals surface area (Å²) < 4.78 is 35.9. The Morgan fingerprint density at radius 1 is 1.07 bits per heavy atom. The molecular formula is C20H21ClN2O3S. The monoisotopic (exact) mass is 404 g/mol. The highest BCUT2D eigenvalue weighted by atomic mass is 35.5. The van der Waals surface area contributed by atoms with Gasteiger partial charge in [-0.2, -0.15) is 8.42 Å². The van der Waals surface area contributed by atoms with Gasteiger partial charge < -0.3 is 10.1 Å². The van der Waals surface area contributed by atoms with Crippen molar-refractivity contribution in [3.05, 3.63) is 41.4 Å². The Labute approximate surface area is 164 Å². The molecular weight excluding hydrogens is 384 g/mol. The largest absolute Gasteiger partial charge is 0.496 e. The summed E-state index contributed by atoms with van der Waals surface area (Å²) in [4.78, 5) is 0.110. The minimum absolute atomic E-state index is 0.110. The van der Waals surface area contributed by atoms with Crippen molar-refractivity contribution in [2.75, 3.05) is 12.4 Å². The maximum atomic E-state index is 13.1. The number of ether oxygens (including phenoxy) is 1. The van der Waals surface area contributed by atoms with E-state index in [1.165, 1.54) is 6.42 Å². The number of methoxy groups -OCH3 is 1. The summed E-state index contributed by atoms with van der Waals surface area (Å²) in [5.74, 6) is 1.24. The average molecular weight is 405 g/mol. The Morgan fingerprint density at radius 2 is 1.81 bits per heavy atom. The topological polar surface area (TPSA) is 67.8 Å². The van der Waals surface area contributed by atoms with Gasteiger partial charge in [-0.25, -0.2) is 0 Å². The van der Waals surface area contributed by atoms with E-state index in [1.54, 1.807) is 25.3 Å². The molecule has 142 valence electrons. The maximum Gasteiger partial charge on any atom is 0.286 e. The van der Waals surface area contributed by atoms with Crippen molar-refractivity contribution >= 4 is 33.1 Å². The predicted octanol–water partition coefficient (Wildman–Crippen LogP) is 5.11. The lowest BCUT2D eigenvalue weighted by Crippen LogP contribution is -2.30. The minimum atomic E-state index is -3.88. The molecule has 0 atom stereocenters. The second-order valence-corrected chi connectivity index (χ2v) is 8.86. The van der Waals surface area contributed by atoms with E-state index in [4.69, 9.17) is 16.3 Å². The Balaban J connectivity index is 1.88. The van der Waals surface area contributed by atoms with Crippen LogP contribution in [0.1, 0.15) is 32.1 Å². The van der Waals surface area contributed by atoms with Crippen LogP contribution in [0.3, 0.4) is 0 Å². The Bertz CT molecular complexity index is 1010. The Kier molecular flexibility index (Phi) is 4.86. The van der Waals surface area contributed by atoms with Gasteiger partial charge in [0.2, 0.25) is 0 Å². The van der Waals surface area contributed by atoms with Crippen LogP contribution in [0.2, 0.25) is 5.02 Å².